The summed E-state index contributed by atoms with van der Waals surface area (Å²) in [6.45, 7) is 7.64. The molecule has 2 aromatic heterocycles. The van der Waals surface area contributed by atoms with Crippen molar-refractivity contribution in [1.82, 2.24) is 19.7 Å². The maximum Gasteiger partial charge on any atom is 0.170 e. The van der Waals surface area contributed by atoms with Crippen molar-refractivity contribution in [1.29, 1.82) is 0 Å². The number of hydrogen-bond donors (Lipinski definition) is 0. The average molecular weight is 475 g/mol. The van der Waals surface area contributed by atoms with Gasteiger partial charge >= 0.3 is 0 Å². The fourth-order valence-corrected chi connectivity index (χ4v) is 5.18. The van der Waals surface area contributed by atoms with Crippen molar-refractivity contribution in [2.75, 3.05) is 26.3 Å². The van der Waals surface area contributed by atoms with Crippen LogP contribution in [-0.2, 0) is 11.2 Å². The van der Waals surface area contributed by atoms with E-state index in [4.69, 9.17) is 9.72 Å². The molecule has 3 heterocycles. The third-order valence-corrected chi connectivity index (χ3v) is 7.13. The molecule has 0 spiro atoms. The van der Waals surface area contributed by atoms with Crippen molar-refractivity contribution >= 4 is 11.4 Å². The lowest BCUT2D eigenvalue weighted by atomic mass is 9.90. The number of nitrogens with zero attached hydrogens (tertiary/aromatic N) is 4. The number of rotatable bonds is 6. The third kappa shape index (κ3) is 5.11. The number of carbonyl (C=O) groups is 1. The molecule has 1 aromatic carbocycles. The minimum atomic E-state index is -0.304. The number of carbonyl (C=O) groups excluding carboxylic acids is 1. The average Bonchev–Trinajstić information content (AvgIpc) is 3.27. The number of ketones is 1. The van der Waals surface area contributed by atoms with Gasteiger partial charge in [0.2, 0.25) is 0 Å². The Morgan fingerprint density at radius 1 is 1.14 bits per heavy atom. The Hall–Kier alpha value is -3.16. The molecule has 7 heteroatoms. The molecule has 5 rings (SSSR count). The first-order valence-corrected chi connectivity index (χ1v) is 12.3. The quantitative estimate of drug-likeness (QED) is 0.484. The molecule has 0 N–H and O–H groups in total. The monoisotopic (exact) mass is 474 g/mol. The van der Waals surface area contributed by atoms with Gasteiger partial charge in [-0.1, -0.05) is 12.1 Å². The van der Waals surface area contributed by atoms with Crippen LogP contribution in [0.3, 0.4) is 0 Å². The Morgan fingerprint density at radius 2 is 1.91 bits per heavy atom. The number of hydrogen-bond acceptors (Lipinski definition) is 5. The summed E-state index contributed by atoms with van der Waals surface area (Å²) in [7, 11) is 0. The van der Waals surface area contributed by atoms with E-state index in [1.807, 2.05) is 13.1 Å². The topological polar surface area (TPSA) is 60.2 Å². The first-order chi connectivity index (χ1) is 17.0. The molecule has 1 unspecified atom stereocenters. The number of halogens is 1. The molecule has 2 aliphatic rings. The first kappa shape index (κ1) is 23.6. The van der Waals surface area contributed by atoms with Gasteiger partial charge in [-0.15, -0.1) is 0 Å². The van der Waals surface area contributed by atoms with Crippen LogP contribution >= 0.6 is 0 Å². The molecule has 1 saturated heterocycles. The fraction of sp³-hybridized carbons (Fsp3) is 0.393. The van der Waals surface area contributed by atoms with Gasteiger partial charge in [0.25, 0.3) is 0 Å². The predicted octanol–water partition coefficient (Wildman–Crippen LogP) is 4.72. The van der Waals surface area contributed by atoms with Gasteiger partial charge in [-0.05, 0) is 74.1 Å². The SMILES string of the molecule is Cc1cc(CC(=O)c2cnn(-c3ccc(F)cc3)c2C)cnc1C1=CCC(N2CCOCC2)CC1. The van der Waals surface area contributed by atoms with Crippen LogP contribution in [0.2, 0.25) is 0 Å². The summed E-state index contributed by atoms with van der Waals surface area (Å²) in [4.78, 5) is 20.4. The van der Waals surface area contributed by atoms with Crippen molar-refractivity contribution in [3.8, 4) is 5.69 Å². The maximum absolute atomic E-state index is 13.3. The zero-order chi connectivity index (χ0) is 24.4. The summed E-state index contributed by atoms with van der Waals surface area (Å²) in [6, 6.07) is 8.75. The van der Waals surface area contributed by atoms with Crippen molar-refractivity contribution in [2.45, 2.75) is 45.6 Å². The molecule has 0 saturated carbocycles. The predicted molar refractivity (Wildman–Crippen MR) is 133 cm³/mol. The third-order valence-electron chi connectivity index (χ3n) is 7.13. The van der Waals surface area contributed by atoms with E-state index in [0.29, 0.717) is 11.6 Å². The molecule has 0 radical (unpaired) electrons. The standard InChI is InChI=1S/C28H31FN4O2/c1-19-15-21(16-27(34)26-18-31-33(20(26)2)25-9-5-23(29)6-10-25)17-30-28(19)22-3-7-24(8-4-22)32-11-13-35-14-12-32/h3,5-6,9-10,15,17-18,24H,4,7-8,11-14,16H2,1-2H3. The number of pyridine rings is 1. The van der Waals surface area contributed by atoms with Crippen LogP contribution in [0.5, 0.6) is 0 Å². The van der Waals surface area contributed by atoms with Crippen LogP contribution in [0.1, 0.15) is 52.1 Å². The molecule has 6 nitrogen and oxygen atoms in total. The van der Waals surface area contributed by atoms with Gasteiger partial charge in [0, 0.05) is 31.7 Å². The number of ether oxygens (including phenoxy) is 1. The highest BCUT2D eigenvalue weighted by Gasteiger charge is 2.24. The van der Waals surface area contributed by atoms with Crippen molar-refractivity contribution in [3.63, 3.8) is 0 Å². The van der Waals surface area contributed by atoms with Crippen LogP contribution in [-0.4, -0.2) is 57.8 Å². The second-order valence-electron chi connectivity index (χ2n) is 9.45. The van der Waals surface area contributed by atoms with E-state index in [1.54, 1.807) is 23.0 Å². The number of aryl methyl sites for hydroxylation is 1. The minimum absolute atomic E-state index is 0.00459. The summed E-state index contributed by atoms with van der Waals surface area (Å²) >= 11 is 0. The Kier molecular flexibility index (Phi) is 6.88. The molecule has 1 atom stereocenters. The van der Waals surface area contributed by atoms with Gasteiger partial charge in [0.15, 0.2) is 5.78 Å². The second-order valence-corrected chi connectivity index (χ2v) is 9.45. The zero-order valence-electron chi connectivity index (χ0n) is 20.3. The molecule has 3 aromatic rings. The Morgan fingerprint density at radius 3 is 2.60 bits per heavy atom. The molecule has 1 aliphatic heterocycles. The van der Waals surface area contributed by atoms with Crippen LogP contribution in [0, 0.1) is 19.7 Å². The Labute approximate surface area is 205 Å². The summed E-state index contributed by atoms with van der Waals surface area (Å²) < 4.78 is 20.4. The summed E-state index contributed by atoms with van der Waals surface area (Å²) in [5.74, 6) is -0.308. The van der Waals surface area contributed by atoms with E-state index in [-0.39, 0.29) is 18.0 Å². The van der Waals surface area contributed by atoms with Crippen molar-refractivity contribution in [3.05, 3.63) is 82.7 Å². The maximum atomic E-state index is 13.3. The van der Waals surface area contributed by atoms with Crippen LogP contribution in [0.15, 0.2) is 48.8 Å². The van der Waals surface area contributed by atoms with Gasteiger partial charge in [0.1, 0.15) is 5.82 Å². The smallest absolute Gasteiger partial charge is 0.170 e. The van der Waals surface area contributed by atoms with E-state index in [2.05, 4.69) is 29.1 Å². The number of benzene rings is 1. The lowest BCUT2D eigenvalue weighted by Gasteiger charge is -2.36. The van der Waals surface area contributed by atoms with Gasteiger partial charge in [-0.2, -0.15) is 5.10 Å². The first-order valence-electron chi connectivity index (χ1n) is 12.3. The normalized spacial score (nSPS) is 18.9. The summed E-state index contributed by atoms with van der Waals surface area (Å²) in [6.07, 6.45) is 9.25. The van der Waals surface area contributed by atoms with E-state index >= 15 is 0 Å². The van der Waals surface area contributed by atoms with Gasteiger partial charge < -0.3 is 4.74 Å². The van der Waals surface area contributed by atoms with Crippen LogP contribution in [0.4, 0.5) is 4.39 Å². The lowest BCUT2D eigenvalue weighted by Crippen LogP contribution is -2.43. The molecular formula is C28H31FN4O2. The van der Waals surface area contributed by atoms with Crippen molar-refractivity contribution in [2.24, 2.45) is 0 Å². The van der Waals surface area contributed by atoms with Crippen LogP contribution < -0.4 is 0 Å². The van der Waals surface area contributed by atoms with Gasteiger partial charge in [0.05, 0.1) is 42.0 Å². The Bertz CT molecular complexity index is 1240. The highest BCUT2D eigenvalue weighted by atomic mass is 19.1. The zero-order valence-corrected chi connectivity index (χ0v) is 20.3. The van der Waals surface area contributed by atoms with Gasteiger partial charge in [-0.3, -0.25) is 14.7 Å². The molecule has 0 bridgehead atoms. The van der Waals surface area contributed by atoms with E-state index in [1.165, 1.54) is 17.7 Å². The summed E-state index contributed by atoms with van der Waals surface area (Å²) in [5.41, 5.74) is 6.38. The largest absolute Gasteiger partial charge is 0.379 e. The molecule has 1 fully saturated rings. The Balaban J connectivity index is 1.26. The molecule has 35 heavy (non-hydrogen) atoms. The number of allylic oxidation sites excluding steroid dienone is 1. The van der Waals surface area contributed by atoms with Crippen molar-refractivity contribution < 1.29 is 13.9 Å². The number of morpholine rings is 1. The number of Topliss-reactive ketones (excluding diaryl/α,β-unsaturated/α-hetero) is 1. The minimum Gasteiger partial charge on any atom is -0.379 e. The highest BCUT2D eigenvalue weighted by molar-refractivity contribution is 5.98. The summed E-state index contributed by atoms with van der Waals surface area (Å²) in [5, 5.41) is 4.35. The van der Waals surface area contributed by atoms with Crippen LogP contribution in [0.25, 0.3) is 11.3 Å². The fourth-order valence-electron chi connectivity index (χ4n) is 5.18. The van der Waals surface area contributed by atoms with Gasteiger partial charge in [-0.25, -0.2) is 9.07 Å². The highest BCUT2D eigenvalue weighted by Crippen LogP contribution is 2.30. The van der Waals surface area contributed by atoms with E-state index in [0.717, 1.165) is 73.8 Å². The molecule has 182 valence electrons. The van der Waals surface area contributed by atoms with E-state index in [9.17, 15) is 9.18 Å². The molecule has 1 aliphatic carbocycles. The lowest BCUT2D eigenvalue weighted by molar-refractivity contribution is 0.0150. The number of aromatic nitrogens is 3. The molecular weight excluding hydrogens is 443 g/mol. The second kappa shape index (κ2) is 10.2. The molecule has 0 amide bonds. The van der Waals surface area contributed by atoms with E-state index < -0.39 is 0 Å².